The Morgan fingerprint density at radius 2 is 2.14 bits per heavy atom. The van der Waals surface area contributed by atoms with E-state index in [4.69, 9.17) is 11.6 Å². The van der Waals surface area contributed by atoms with Crippen molar-refractivity contribution in [2.75, 3.05) is 26.2 Å². The highest BCUT2D eigenvalue weighted by Gasteiger charge is 2.33. The van der Waals surface area contributed by atoms with Crippen LogP contribution in [-0.2, 0) is 10.0 Å². The van der Waals surface area contributed by atoms with Gasteiger partial charge in [0.1, 0.15) is 4.90 Å². The van der Waals surface area contributed by atoms with E-state index in [1.807, 2.05) is 6.92 Å². The van der Waals surface area contributed by atoms with E-state index in [0.717, 1.165) is 4.47 Å². The molecule has 1 aromatic carbocycles. The molecule has 1 saturated heterocycles. The average Bonchev–Trinajstić information content (AvgIpc) is 2.40. The monoisotopic (exact) mass is 410 g/mol. The van der Waals surface area contributed by atoms with Crippen LogP contribution in [0, 0.1) is 0 Å². The Labute approximate surface area is 145 Å². The van der Waals surface area contributed by atoms with Gasteiger partial charge in [-0.3, -0.25) is 4.90 Å². The SMILES string of the molecule is CC(O)CN1CCN(S(=O)(=O)c2ccc(Br)cc2Cl)CC1C. The molecule has 0 amide bonds. The molecule has 0 spiro atoms. The van der Waals surface area contributed by atoms with Gasteiger partial charge in [0.05, 0.1) is 11.1 Å². The lowest BCUT2D eigenvalue weighted by molar-refractivity contribution is 0.0699. The standard InChI is InChI=1S/C14H20BrClN2O3S/c1-10-8-18(6-5-17(10)9-11(2)19)22(20,21)14-4-3-12(15)7-13(14)16/h3-4,7,10-11,19H,5-6,8-9H2,1-2H3. The molecule has 1 fully saturated rings. The van der Waals surface area contributed by atoms with Gasteiger partial charge in [-0.05, 0) is 32.0 Å². The van der Waals surface area contributed by atoms with Gasteiger partial charge in [0.25, 0.3) is 0 Å². The molecule has 1 aliphatic rings. The second-order valence-electron chi connectivity index (χ2n) is 5.63. The molecule has 2 rings (SSSR count). The molecule has 1 heterocycles. The summed E-state index contributed by atoms with van der Waals surface area (Å²) in [7, 11) is -3.60. The summed E-state index contributed by atoms with van der Waals surface area (Å²) in [5, 5.41) is 9.71. The van der Waals surface area contributed by atoms with Crippen LogP contribution < -0.4 is 0 Å². The lowest BCUT2D eigenvalue weighted by Crippen LogP contribution is -2.54. The molecule has 0 aliphatic carbocycles. The molecule has 0 bridgehead atoms. The predicted molar refractivity (Wildman–Crippen MR) is 90.6 cm³/mol. The molecule has 22 heavy (non-hydrogen) atoms. The summed E-state index contributed by atoms with van der Waals surface area (Å²) < 4.78 is 27.7. The van der Waals surface area contributed by atoms with Crippen LogP contribution in [0.3, 0.4) is 0 Å². The highest BCUT2D eigenvalue weighted by Crippen LogP contribution is 2.29. The van der Waals surface area contributed by atoms with Crippen LogP contribution in [0.25, 0.3) is 0 Å². The van der Waals surface area contributed by atoms with Crippen LogP contribution in [0.2, 0.25) is 5.02 Å². The molecule has 124 valence electrons. The lowest BCUT2D eigenvalue weighted by Gasteiger charge is -2.39. The summed E-state index contributed by atoms with van der Waals surface area (Å²) in [5.74, 6) is 0. The van der Waals surface area contributed by atoms with Crippen molar-refractivity contribution in [3.8, 4) is 0 Å². The van der Waals surface area contributed by atoms with Gasteiger partial charge in [-0.1, -0.05) is 27.5 Å². The number of hydrogen-bond donors (Lipinski definition) is 1. The number of nitrogens with zero attached hydrogens (tertiary/aromatic N) is 2. The zero-order valence-corrected chi connectivity index (χ0v) is 15.7. The molecule has 0 aromatic heterocycles. The number of piperazine rings is 1. The number of aliphatic hydroxyl groups excluding tert-OH is 1. The van der Waals surface area contributed by atoms with E-state index in [0.29, 0.717) is 26.2 Å². The Kier molecular flexibility index (Phi) is 5.90. The predicted octanol–water partition coefficient (Wildman–Crippen LogP) is 2.18. The van der Waals surface area contributed by atoms with E-state index < -0.39 is 16.1 Å². The molecule has 1 aromatic rings. The van der Waals surface area contributed by atoms with Crippen molar-refractivity contribution >= 4 is 37.6 Å². The fraction of sp³-hybridized carbons (Fsp3) is 0.571. The van der Waals surface area contributed by atoms with Crippen LogP contribution in [0.1, 0.15) is 13.8 Å². The molecule has 5 nitrogen and oxygen atoms in total. The van der Waals surface area contributed by atoms with Gasteiger partial charge in [-0.2, -0.15) is 4.31 Å². The summed E-state index contributed by atoms with van der Waals surface area (Å²) in [6.45, 7) is 5.63. The number of halogens is 2. The van der Waals surface area contributed by atoms with E-state index in [9.17, 15) is 13.5 Å². The fourth-order valence-corrected chi connectivity index (χ4v) is 5.14. The van der Waals surface area contributed by atoms with E-state index in [1.165, 1.54) is 10.4 Å². The molecule has 1 aliphatic heterocycles. The minimum absolute atomic E-state index is 0.0485. The van der Waals surface area contributed by atoms with Gasteiger partial charge in [0.2, 0.25) is 10.0 Å². The first kappa shape index (κ1) is 18.2. The maximum atomic E-state index is 12.8. The first-order valence-corrected chi connectivity index (χ1v) is 9.70. The lowest BCUT2D eigenvalue weighted by atomic mass is 10.2. The molecule has 2 atom stereocenters. The topological polar surface area (TPSA) is 60.9 Å². The van der Waals surface area contributed by atoms with E-state index in [1.54, 1.807) is 19.1 Å². The molecular weight excluding hydrogens is 392 g/mol. The fourth-order valence-electron chi connectivity index (χ4n) is 2.61. The Morgan fingerprint density at radius 1 is 1.45 bits per heavy atom. The van der Waals surface area contributed by atoms with Crippen molar-refractivity contribution < 1.29 is 13.5 Å². The Hall–Kier alpha value is -0.180. The van der Waals surface area contributed by atoms with Gasteiger partial charge in [-0.15, -0.1) is 0 Å². The van der Waals surface area contributed by atoms with Gasteiger partial charge >= 0.3 is 0 Å². The normalized spacial score (nSPS) is 22.7. The quantitative estimate of drug-likeness (QED) is 0.825. The summed E-state index contributed by atoms with van der Waals surface area (Å²) >= 11 is 9.36. The van der Waals surface area contributed by atoms with Gasteiger partial charge in [0.15, 0.2) is 0 Å². The average molecular weight is 412 g/mol. The van der Waals surface area contributed by atoms with Crippen LogP contribution in [0.4, 0.5) is 0 Å². The van der Waals surface area contributed by atoms with Crippen LogP contribution in [0.5, 0.6) is 0 Å². The van der Waals surface area contributed by atoms with Crippen molar-refractivity contribution in [3.05, 3.63) is 27.7 Å². The minimum Gasteiger partial charge on any atom is -0.392 e. The Balaban J connectivity index is 2.18. The molecule has 1 N–H and O–H groups in total. The summed E-state index contributed by atoms with van der Waals surface area (Å²) in [6, 6.07) is 4.83. The molecule has 0 radical (unpaired) electrons. The van der Waals surface area contributed by atoms with Crippen LogP contribution in [-0.4, -0.2) is 61.1 Å². The summed E-state index contributed by atoms with van der Waals surface area (Å²) in [4.78, 5) is 2.23. The van der Waals surface area contributed by atoms with Crippen molar-refractivity contribution in [1.82, 2.24) is 9.21 Å². The van der Waals surface area contributed by atoms with Gasteiger partial charge < -0.3 is 5.11 Å². The van der Waals surface area contributed by atoms with Crippen LogP contribution >= 0.6 is 27.5 Å². The third kappa shape index (κ3) is 4.01. The molecule has 2 unspecified atom stereocenters. The van der Waals surface area contributed by atoms with E-state index in [2.05, 4.69) is 20.8 Å². The van der Waals surface area contributed by atoms with E-state index >= 15 is 0 Å². The number of sulfonamides is 1. The van der Waals surface area contributed by atoms with Crippen molar-refractivity contribution in [3.63, 3.8) is 0 Å². The Bertz CT molecular complexity index is 639. The Morgan fingerprint density at radius 3 is 2.68 bits per heavy atom. The number of β-amino-alcohol motifs (C(OH)–C–C–N with tert-alkyl or cyclic N) is 1. The van der Waals surface area contributed by atoms with Crippen molar-refractivity contribution in [2.45, 2.75) is 30.9 Å². The first-order valence-electron chi connectivity index (χ1n) is 7.09. The molecular formula is C14H20BrClN2O3S. The van der Waals surface area contributed by atoms with Gasteiger partial charge in [0, 0.05) is 36.7 Å². The smallest absolute Gasteiger partial charge is 0.244 e. The highest BCUT2D eigenvalue weighted by molar-refractivity contribution is 9.10. The molecule has 8 heteroatoms. The number of aliphatic hydroxyl groups is 1. The maximum Gasteiger partial charge on any atom is 0.244 e. The summed E-state index contributed by atoms with van der Waals surface area (Å²) in [6.07, 6.45) is -0.425. The second kappa shape index (κ2) is 7.15. The third-order valence-electron chi connectivity index (χ3n) is 3.74. The second-order valence-corrected chi connectivity index (χ2v) is 8.86. The zero-order valence-electron chi connectivity index (χ0n) is 12.5. The zero-order chi connectivity index (χ0) is 16.5. The van der Waals surface area contributed by atoms with E-state index in [-0.39, 0.29) is 16.0 Å². The molecule has 0 saturated carbocycles. The summed E-state index contributed by atoms with van der Waals surface area (Å²) in [5.41, 5.74) is 0. The first-order chi connectivity index (χ1) is 10.2. The minimum atomic E-state index is -3.60. The largest absolute Gasteiger partial charge is 0.392 e. The van der Waals surface area contributed by atoms with Crippen LogP contribution in [0.15, 0.2) is 27.6 Å². The third-order valence-corrected chi connectivity index (χ3v) is 6.58. The maximum absolute atomic E-state index is 12.8. The highest BCUT2D eigenvalue weighted by atomic mass is 79.9. The number of rotatable bonds is 4. The number of benzene rings is 1. The number of hydrogen-bond acceptors (Lipinski definition) is 4. The van der Waals surface area contributed by atoms with Gasteiger partial charge in [-0.25, -0.2) is 8.42 Å². The van der Waals surface area contributed by atoms with Crippen molar-refractivity contribution in [2.24, 2.45) is 0 Å². The van der Waals surface area contributed by atoms with Crippen molar-refractivity contribution in [1.29, 1.82) is 0 Å².